The van der Waals surface area contributed by atoms with Crippen LogP contribution in [0, 0.1) is 6.92 Å². The van der Waals surface area contributed by atoms with E-state index in [1.807, 2.05) is 19.1 Å². The van der Waals surface area contributed by atoms with Gasteiger partial charge in [-0.05, 0) is 51.8 Å². The third-order valence-corrected chi connectivity index (χ3v) is 8.12. The van der Waals surface area contributed by atoms with Crippen molar-refractivity contribution in [1.82, 2.24) is 0 Å². The van der Waals surface area contributed by atoms with Crippen LogP contribution in [0.15, 0.2) is 34.5 Å². The first-order valence-electron chi connectivity index (χ1n) is 9.04. The molecule has 156 valence electrons. The number of hydrogen-bond acceptors (Lipinski definition) is 6. The van der Waals surface area contributed by atoms with Gasteiger partial charge in [0.15, 0.2) is 0 Å². The molecular weight excluding hydrogens is 414 g/mol. The van der Waals surface area contributed by atoms with Crippen LogP contribution in [0.25, 0.3) is 0 Å². The van der Waals surface area contributed by atoms with E-state index in [9.17, 15) is 23.1 Å². The molecule has 1 aliphatic rings. The molecule has 0 aliphatic heterocycles. The van der Waals surface area contributed by atoms with Crippen molar-refractivity contribution in [2.24, 2.45) is 5.73 Å². The first-order valence-corrected chi connectivity index (χ1v) is 11.3. The molecule has 2 aromatic rings. The Morgan fingerprint density at radius 3 is 2.31 bits per heavy atom. The lowest BCUT2D eigenvalue weighted by molar-refractivity contribution is -0.125. The highest BCUT2D eigenvalue weighted by Crippen LogP contribution is 2.39. The van der Waals surface area contributed by atoms with Gasteiger partial charge in [-0.15, -0.1) is 11.3 Å². The average Bonchev–Trinajstić information content (AvgIpc) is 3.23. The molecule has 8 nitrogen and oxygen atoms in total. The number of aliphatic hydroxyl groups is 1. The lowest BCUT2D eigenvalue weighted by Crippen LogP contribution is -2.36. The molecule has 2 amide bonds. The van der Waals surface area contributed by atoms with Crippen LogP contribution < -0.4 is 15.4 Å². The van der Waals surface area contributed by atoms with Crippen LogP contribution in [-0.4, -0.2) is 37.0 Å². The Morgan fingerprint density at radius 1 is 1.24 bits per heavy atom. The van der Waals surface area contributed by atoms with Gasteiger partial charge >= 0.3 is 0 Å². The van der Waals surface area contributed by atoms with Gasteiger partial charge in [0.25, 0.3) is 21.8 Å². The second-order valence-electron chi connectivity index (χ2n) is 7.39. The van der Waals surface area contributed by atoms with Gasteiger partial charge in [-0.25, -0.2) is 8.42 Å². The number of nitrogens with zero attached hydrogens (tertiary/aromatic N) is 1. The summed E-state index contributed by atoms with van der Waals surface area (Å²) < 4.78 is 27.9. The van der Waals surface area contributed by atoms with Crippen molar-refractivity contribution in [2.45, 2.75) is 49.5 Å². The van der Waals surface area contributed by atoms with Crippen LogP contribution in [0.4, 0.5) is 10.7 Å². The van der Waals surface area contributed by atoms with Gasteiger partial charge in [-0.2, -0.15) is 0 Å². The highest BCUT2D eigenvalue weighted by Gasteiger charge is 2.48. The van der Waals surface area contributed by atoms with Crippen molar-refractivity contribution >= 4 is 43.9 Å². The van der Waals surface area contributed by atoms with Crippen LogP contribution >= 0.6 is 11.3 Å². The number of anilines is 2. The van der Waals surface area contributed by atoms with Crippen molar-refractivity contribution in [3.63, 3.8) is 0 Å². The van der Waals surface area contributed by atoms with Crippen molar-refractivity contribution in [3.8, 4) is 0 Å². The number of aryl methyl sites for hydroxylation is 1. The Kier molecular flexibility index (Phi) is 5.46. The number of carbonyl (C=O) groups is 2. The maximum atomic E-state index is 13.4. The largest absolute Gasteiger partial charge is 0.380 e. The van der Waals surface area contributed by atoms with Crippen LogP contribution in [0.1, 0.15) is 42.6 Å². The summed E-state index contributed by atoms with van der Waals surface area (Å²) in [5, 5.41) is 12.4. The number of sulfonamides is 1. The summed E-state index contributed by atoms with van der Waals surface area (Å²) in [6.45, 7) is 5.38. The van der Waals surface area contributed by atoms with Gasteiger partial charge in [0, 0.05) is 6.04 Å². The fourth-order valence-corrected chi connectivity index (χ4v) is 5.96. The highest BCUT2D eigenvalue weighted by molar-refractivity contribution is 7.94. The Hall–Kier alpha value is -2.43. The molecule has 0 spiro atoms. The van der Waals surface area contributed by atoms with Gasteiger partial charge in [0.2, 0.25) is 0 Å². The van der Waals surface area contributed by atoms with Crippen LogP contribution in [0.3, 0.4) is 0 Å². The number of hydrogen-bond donors (Lipinski definition) is 3. The van der Waals surface area contributed by atoms with E-state index in [-0.39, 0.29) is 14.8 Å². The molecule has 0 bridgehead atoms. The first kappa shape index (κ1) is 21.3. The van der Waals surface area contributed by atoms with Crippen LogP contribution in [0.2, 0.25) is 0 Å². The predicted molar refractivity (Wildman–Crippen MR) is 112 cm³/mol. The molecule has 1 aliphatic carbocycles. The fourth-order valence-electron chi connectivity index (χ4n) is 2.84. The third kappa shape index (κ3) is 4.14. The minimum absolute atomic E-state index is 0.00834. The predicted octanol–water partition coefficient (Wildman–Crippen LogP) is 2.22. The maximum Gasteiger partial charge on any atom is 0.274 e. The standard InChI is InChI=1S/C19H23N3O5S2/c1-11(2)22(13-6-4-12(3)5-7-13)29(26,27)15-10-14(16(20)23)17(28-15)21-18(24)19(25)8-9-19/h4-7,10-11,25H,8-9H2,1-3H3,(H2,20,23)(H,21,24). The lowest BCUT2D eigenvalue weighted by Gasteiger charge is -2.27. The van der Waals surface area contributed by atoms with E-state index in [0.717, 1.165) is 16.9 Å². The van der Waals surface area contributed by atoms with E-state index in [1.165, 1.54) is 10.4 Å². The molecule has 29 heavy (non-hydrogen) atoms. The number of primary amides is 1. The minimum Gasteiger partial charge on any atom is -0.380 e. The summed E-state index contributed by atoms with van der Waals surface area (Å²) in [4.78, 5) is 24.0. The van der Waals surface area contributed by atoms with Crippen molar-refractivity contribution in [1.29, 1.82) is 0 Å². The minimum atomic E-state index is -4.03. The van der Waals surface area contributed by atoms with Gasteiger partial charge in [-0.3, -0.25) is 13.9 Å². The molecule has 10 heteroatoms. The highest BCUT2D eigenvalue weighted by atomic mass is 32.2. The van der Waals surface area contributed by atoms with Crippen molar-refractivity contribution < 1.29 is 23.1 Å². The first-order chi connectivity index (χ1) is 13.5. The summed E-state index contributed by atoms with van der Waals surface area (Å²) in [7, 11) is -4.03. The van der Waals surface area contributed by atoms with Gasteiger partial charge in [0.1, 0.15) is 14.8 Å². The van der Waals surface area contributed by atoms with E-state index >= 15 is 0 Å². The maximum absolute atomic E-state index is 13.4. The van der Waals surface area contributed by atoms with Crippen molar-refractivity contribution in [2.75, 3.05) is 9.62 Å². The van der Waals surface area contributed by atoms with E-state index in [0.29, 0.717) is 18.5 Å². The zero-order chi connectivity index (χ0) is 21.6. The van der Waals surface area contributed by atoms with Gasteiger partial charge < -0.3 is 16.2 Å². The number of thiophene rings is 1. The molecule has 1 fully saturated rings. The van der Waals surface area contributed by atoms with Crippen molar-refractivity contribution in [3.05, 3.63) is 41.5 Å². The quantitative estimate of drug-likeness (QED) is 0.611. The van der Waals surface area contributed by atoms with Crippen LogP contribution in [0.5, 0.6) is 0 Å². The molecular formula is C19H23N3O5S2. The molecule has 1 heterocycles. The number of amides is 2. The summed E-state index contributed by atoms with van der Waals surface area (Å²) >= 11 is 0.737. The van der Waals surface area contributed by atoms with E-state index in [2.05, 4.69) is 5.32 Å². The molecule has 1 aromatic carbocycles. The third-order valence-electron chi connectivity index (χ3n) is 4.62. The Morgan fingerprint density at radius 2 is 1.83 bits per heavy atom. The molecule has 0 unspecified atom stereocenters. The molecule has 4 N–H and O–H groups in total. The SMILES string of the molecule is Cc1ccc(N(C(C)C)S(=O)(=O)c2cc(C(N)=O)c(NC(=O)C3(O)CC3)s2)cc1. The smallest absolute Gasteiger partial charge is 0.274 e. The summed E-state index contributed by atoms with van der Waals surface area (Å²) in [5.41, 5.74) is 5.27. The topological polar surface area (TPSA) is 130 Å². The second-order valence-corrected chi connectivity index (χ2v) is 10.5. The number of benzene rings is 1. The molecule has 0 saturated heterocycles. The Labute approximate surface area is 173 Å². The van der Waals surface area contributed by atoms with E-state index in [4.69, 9.17) is 5.73 Å². The summed E-state index contributed by atoms with van der Waals surface area (Å²) in [6.07, 6.45) is 0.631. The second kappa shape index (κ2) is 7.43. The summed E-state index contributed by atoms with van der Waals surface area (Å²) in [5.74, 6) is -1.54. The zero-order valence-corrected chi connectivity index (χ0v) is 17.9. The number of nitrogens with two attached hydrogens (primary N) is 1. The molecule has 1 saturated carbocycles. The van der Waals surface area contributed by atoms with E-state index in [1.54, 1.807) is 26.0 Å². The normalized spacial score (nSPS) is 15.2. The Balaban J connectivity index is 2.02. The van der Waals surface area contributed by atoms with Gasteiger partial charge in [-0.1, -0.05) is 17.7 Å². The lowest BCUT2D eigenvalue weighted by atomic mass is 10.2. The molecule has 0 radical (unpaired) electrons. The average molecular weight is 438 g/mol. The summed E-state index contributed by atoms with van der Waals surface area (Å²) in [6, 6.07) is 7.81. The molecule has 3 rings (SSSR count). The number of rotatable bonds is 7. The number of nitrogens with one attached hydrogen (secondary N) is 1. The Bertz CT molecular complexity index is 1050. The zero-order valence-electron chi connectivity index (χ0n) is 16.3. The van der Waals surface area contributed by atoms with Crippen LogP contribution in [-0.2, 0) is 14.8 Å². The van der Waals surface area contributed by atoms with E-state index < -0.39 is 33.5 Å². The monoisotopic (exact) mass is 437 g/mol. The number of carbonyl (C=O) groups excluding carboxylic acids is 2. The molecule has 1 aromatic heterocycles. The molecule has 0 atom stereocenters. The van der Waals surface area contributed by atoms with Gasteiger partial charge in [0.05, 0.1) is 11.3 Å². The fraction of sp³-hybridized carbons (Fsp3) is 0.368.